The fraction of sp³-hybridized carbons (Fsp3) is 0.500. The molecule has 0 aromatic carbocycles. The molecule has 0 fully saturated rings. The van der Waals surface area contributed by atoms with Gasteiger partial charge in [0.15, 0.2) is 0 Å². The molecule has 1 heterocycles. The fourth-order valence-corrected chi connectivity index (χ4v) is 0.977. The largest absolute Gasteiger partial charge is 0.508 e. The molecule has 0 spiro atoms. The van der Waals surface area contributed by atoms with Crippen LogP contribution >= 0.6 is 0 Å². The van der Waals surface area contributed by atoms with Gasteiger partial charge in [-0.05, 0) is 12.3 Å². The predicted octanol–water partition coefficient (Wildman–Crippen LogP) is 2.39. The Kier molecular flexibility index (Phi) is 1.49. The lowest BCUT2D eigenvalue weighted by Gasteiger charge is -2.19. The quantitative estimate of drug-likeness (QED) is 0.643. The lowest BCUT2D eigenvalue weighted by atomic mass is 9.87. The van der Waals surface area contributed by atoms with Crippen molar-refractivity contribution in [1.29, 1.82) is 0 Å². The molecule has 0 aliphatic carbocycles. The maximum Gasteiger partial charge on any atom is 0.122 e. The Balaban J connectivity index is 3.53. The van der Waals surface area contributed by atoms with Crippen LogP contribution in [-0.4, -0.2) is 10.1 Å². The van der Waals surface area contributed by atoms with Gasteiger partial charge in [0.1, 0.15) is 5.75 Å². The fourth-order valence-electron chi connectivity index (χ4n) is 0.977. The van der Waals surface area contributed by atoms with E-state index in [0.29, 0.717) is 11.3 Å². The molecule has 1 rings (SSSR count). The van der Waals surface area contributed by atoms with Gasteiger partial charge in [0.2, 0.25) is 0 Å². The highest BCUT2D eigenvalue weighted by atomic mass is 16.3. The molecular formula is C10H15NO. The van der Waals surface area contributed by atoms with Gasteiger partial charge in [-0.25, -0.2) is 0 Å². The van der Waals surface area contributed by atoms with Crippen LogP contribution in [0.4, 0.5) is 0 Å². The van der Waals surface area contributed by atoms with Crippen LogP contribution in [0.5, 0.6) is 5.75 Å². The average Bonchev–Trinajstić information content (AvgIpc) is 1.97. The first-order valence-electron chi connectivity index (χ1n) is 4.92. The van der Waals surface area contributed by atoms with Gasteiger partial charge in [-0.15, -0.1) is 0 Å². The lowest BCUT2D eigenvalue weighted by molar-refractivity contribution is 0.444. The predicted molar refractivity (Wildman–Crippen MR) is 49.3 cm³/mol. The van der Waals surface area contributed by atoms with E-state index < -0.39 is 0 Å². The molecular weight excluding hydrogens is 150 g/mol. The summed E-state index contributed by atoms with van der Waals surface area (Å²) in [6.45, 7) is 7.27. The highest BCUT2D eigenvalue weighted by Crippen LogP contribution is 2.29. The van der Waals surface area contributed by atoms with E-state index in [4.69, 9.17) is 2.74 Å². The molecule has 12 heavy (non-hydrogen) atoms. The van der Waals surface area contributed by atoms with Crippen LogP contribution < -0.4 is 0 Å². The molecule has 1 aromatic heterocycles. The summed E-state index contributed by atoms with van der Waals surface area (Å²) in [7, 11) is 0. The molecule has 0 amide bonds. The molecule has 0 radical (unpaired) electrons. The van der Waals surface area contributed by atoms with Crippen LogP contribution in [0.25, 0.3) is 0 Å². The number of aromatic nitrogens is 1. The summed E-state index contributed by atoms with van der Waals surface area (Å²) in [5.41, 5.74) is 0.464. The van der Waals surface area contributed by atoms with Gasteiger partial charge in [0, 0.05) is 23.5 Å². The molecule has 0 unspecified atom stereocenters. The summed E-state index contributed by atoms with van der Waals surface area (Å²) < 4.78 is 15.2. The van der Waals surface area contributed by atoms with Crippen LogP contribution in [0.2, 0.25) is 0 Å². The second-order valence-corrected chi connectivity index (χ2v) is 3.91. The zero-order chi connectivity index (χ0) is 11.1. The highest BCUT2D eigenvalue weighted by Gasteiger charge is 2.17. The number of hydrogen-bond donors (Lipinski definition) is 1. The highest BCUT2D eigenvalue weighted by molar-refractivity contribution is 5.36. The first-order chi connectivity index (χ1) is 6.25. The normalized spacial score (nSPS) is 14.0. The average molecular weight is 167 g/mol. The summed E-state index contributed by atoms with van der Waals surface area (Å²) in [4.78, 5) is 3.92. The molecule has 0 saturated heterocycles. The Bertz CT molecular complexity index is 369. The van der Waals surface area contributed by atoms with E-state index in [1.807, 2.05) is 20.8 Å². The van der Waals surface area contributed by atoms with Gasteiger partial charge in [0.05, 0.1) is 2.74 Å². The van der Waals surface area contributed by atoms with Crippen molar-refractivity contribution in [3.8, 4) is 5.75 Å². The minimum absolute atomic E-state index is 0.0194. The van der Waals surface area contributed by atoms with Crippen molar-refractivity contribution in [3.63, 3.8) is 0 Å². The Morgan fingerprint density at radius 3 is 2.58 bits per heavy atom. The van der Waals surface area contributed by atoms with Crippen LogP contribution in [0.15, 0.2) is 12.2 Å². The van der Waals surface area contributed by atoms with Crippen molar-refractivity contribution in [3.05, 3.63) is 23.5 Å². The van der Waals surface area contributed by atoms with Crippen LogP contribution in [0.3, 0.4) is 0 Å². The van der Waals surface area contributed by atoms with Crippen molar-refractivity contribution >= 4 is 0 Å². The monoisotopic (exact) mass is 167 g/mol. The number of aromatic hydroxyl groups is 1. The maximum absolute atomic E-state index is 9.75. The van der Waals surface area contributed by atoms with Crippen molar-refractivity contribution in [2.75, 3.05) is 0 Å². The van der Waals surface area contributed by atoms with E-state index in [2.05, 4.69) is 4.98 Å². The standard InChI is InChI=1S/C10H15NO/c1-7-5-9(12)8(6-11-7)10(2,3)4/h5-6H,1-4H3,(H,11,12)/i5D,6D. The minimum Gasteiger partial charge on any atom is -0.508 e. The maximum atomic E-state index is 9.75. The van der Waals surface area contributed by atoms with E-state index in [-0.39, 0.29) is 23.4 Å². The van der Waals surface area contributed by atoms with Crippen molar-refractivity contribution < 1.29 is 7.85 Å². The second kappa shape index (κ2) is 2.77. The molecule has 66 valence electrons. The van der Waals surface area contributed by atoms with Gasteiger partial charge in [-0.1, -0.05) is 20.8 Å². The molecule has 2 nitrogen and oxygen atoms in total. The van der Waals surface area contributed by atoms with E-state index in [0.717, 1.165) is 0 Å². The minimum atomic E-state index is -0.363. The Morgan fingerprint density at radius 2 is 2.08 bits per heavy atom. The molecule has 0 aliphatic rings. The molecule has 1 aromatic rings. The van der Waals surface area contributed by atoms with Crippen molar-refractivity contribution in [2.45, 2.75) is 33.1 Å². The lowest BCUT2D eigenvalue weighted by Crippen LogP contribution is -2.11. The second-order valence-electron chi connectivity index (χ2n) is 3.91. The topological polar surface area (TPSA) is 33.1 Å². The van der Waals surface area contributed by atoms with Gasteiger partial charge >= 0.3 is 0 Å². The zero-order valence-electron chi connectivity index (χ0n) is 9.89. The number of hydrogen-bond acceptors (Lipinski definition) is 2. The third-order valence-corrected chi connectivity index (χ3v) is 1.62. The summed E-state index contributed by atoms with van der Waals surface area (Å²) >= 11 is 0. The third-order valence-electron chi connectivity index (χ3n) is 1.62. The number of rotatable bonds is 0. The summed E-state index contributed by atoms with van der Waals surface area (Å²) in [6.07, 6.45) is 0.0588. The molecule has 0 atom stereocenters. The molecule has 2 heteroatoms. The van der Waals surface area contributed by atoms with Crippen molar-refractivity contribution in [2.24, 2.45) is 0 Å². The first-order valence-corrected chi connectivity index (χ1v) is 3.92. The molecule has 1 N–H and O–H groups in total. The molecule has 0 bridgehead atoms. The van der Waals surface area contributed by atoms with Crippen LogP contribution in [0, 0.1) is 6.92 Å². The molecule has 0 aliphatic heterocycles. The van der Waals surface area contributed by atoms with E-state index in [9.17, 15) is 5.11 Å². The van der Waals surface area contributed by atoms with Gasteiger partial charge in [-0.3, -0.25) is 4.98 Å². The summed E-state index contributed by atoms with van der Waals surface area (Å²) in [6, 6.07) is 0.0194. The number of pyridine rings is 1. The summed E-state index contributed by atoms with van der Waals surface area (Å²) in [5.74, 6) is -0.116. The SMILES string of the molecule is [2H]c1nc(C)c([2H])c(O)c1C(C)(C)C. The van der Waals surface area contributed by atoms with Crippen LogP contribution in [0.1, 0.15) is 34.8 Å². The Morgan fingerprint density at radius 1 is 1.50 bits per heavy atom. The van der Waals surface area contributed by atoms with E-state index in [1.54, 1.807) is 6.92 Å². The van der Waals surface area contributed by atoms with Gasteiger partial charge < -0.3 is 5.11 Å². The van der Waals surface area contributed by atoms with E-state index >= 15 is 0 Å². The number of nitrogens with zero attached hydrogens (tertiary/aromatic N) is 1. The smallest absolute Gasteiger partial charge is 0.122 e. The Labute approximate surface area is 76.1 Å². The number of aryl methyl sites for hydroxylation is 1. The zero-order valence-corrected chi connectivity index (χ0v) is 7.89. The first kappa shape index (κ1) is 6.46. The third kappa shape index (κ3) is 1.76. The van der Waals surface area contributed by atoms with Gasteiger partial charge in [0.25, 0.3) is 0 Å². The summed E-state index contributed by atoms with van der Waals surface area (Å²) in [5, 5.41) is 9.75. The van der Waals surface area contributed by atoms with E-state index in [1.165, 1.54) is 0 Å². The van der Waals surface area contributed by atoms with Crippen LogP contribution in [-0.2, 0) is 5.41 Å². The van der Waals surface area contributed by atoms with Crippen molar-refractivity contribution in [1.82, 2.24) is 4.98 Å². The van der Waals surface area contributed by atoms with Gasteiger partial charge in [-0.2, -0.15) is 0 Å². The Hall–Kier alpha value is -1.05. The molecule has 0 saturated carbocycles.